The molecule has 0 spiro atoms. The average Bonchev–Trinajstić information content (AvgIpc) is 3.07. The van der Waals surface area contributed by atoms with Crippen molar-refractivity contribution in [1.29, 1.82) is 0 Å². The van der Waals surface area contributed by atoms with Crippen molar-refractivity contribution < 1.29 is 14.3 Å². The van der Waals surface area contributed by atoms with Crippen LogP contribution in [0.1, 0.15) is 20.8 Å². The Kier molecular flexibility index (Phi) is 5.37. The summed E-state index contributed by atoms with van der Waals surface area (Å²) >= 11 is 1.52. The van der Waals surface area contributed by atoms with Crippen LogP contribution in [0.3, 0.4) is 0 Å². The molecule has 0 saturated carbocycles. The molecule has 0 radical (unpaired) electrons. The lowest BCUT2D eigenvalue weighted by molar-refractivity contribution is -0.119. The number of ether oxygens (including phenoxy) is 1. The molecule has 10 heteroatoms. The fraction of sp³-hybridized carbons (Fsp3) is 0.474. The molecule has 4 rings (SSSR count). The molecule has 9 nitrogen and oxygen atoms in total. The number of anilines is 3. The minimum atomic E-state index is -0.0901. The highest BCUT2D eigenvalue weighted by Gasteiger charge is 2.37. The van der Waals surface area contributed by atoms with Gasteiger partial charge in [0.05, 0.1) is 25.3 Å². The number of methoxy groups -OCH3 is 1. The smallest absolute Gasteiger partial charge is 0.257 e. The van der Waals surface area contributed by atoms with Crippen LogP contribution in [-0.2, 0) is 22.5 Å². The van der Waals surface area contributed by atoms with Gasteiger partial charge in [-0.1, -0.05) is 0 Å². The summed E-state index contributed by atoms with van der Waals surface area (Å²) in [5.41, 5.74) is 1.71. The van der Waals surface area contributed by atoms with Crippen LogP contribution in [0, 0.1) is 0 Å². The highest BCUT2D eigenvalue weighted by Crippen LogP contribution is 2.41. The van der Waals surface area contributed by atoms with Crippen LogP contribution in [0.4, 0.5) is 16.8 Å². The van der Waals surface area contributed by atoms with Crippen molar-refractivity contribution in [3.63, 3.8) is 0 Å². The summed E-state index contributed by atoms with van der Waals surface area (Å²) in [6.07, 6.45) is 2.44. The summed E-state index contributed by atoms with van der Waals surface area (Å²) in [6.45, 7) is 2.26. The van der Waals surface area contributed by atoms with E-state index < -0.39 is 0 Å². The number of hydrogen-bond donors (Lipinski definition) is 1. The molecular formula is C19H24N6O3S. The van der Waals surface area contributed by atoms with Gasteiger partial charge >= 0.3 is 0 Å². The molecule has 0 fully saturated rings. The lowest BCUT2D eigenvalue weighted by Gasteiger charge is -2.27. The zero-order chi connectivity index (χ0) is 20.5. The van der Waals surface area contributed by atoms with Crippen molar-refractivity contribution in [3.8, 4) is 0 Å². The molecule has 2 amide bonds. The summed E-state index contributed by atoms with van der Waals surface area (Å²) in [5, 5.41) is 3.77. The summed E-state index contributed by atoms with van der Waals surface area (Å²) in [4.78, 5) is 41.1. The quantitative estimate of drug-likeness (QED) is 0.783. The molecule has 0 aliphatic carbocycles. The van der Waals surface area contributed by atoms with Crippen LogP contribution < -0.4 is 15.1 Å². The van der Waals surface area contributed by atoms with Crippen LogP contribution >= 0.6 is 11.3 Å². The highest BCUT2D eigenvalue weighted by molar-refractivity contribution is 7.17. The zero-order valence-electron chi connectivity index (χ0n) is 16.8. The first-order valence-electron chi connectivity index (χ1n) is 9.48. The van der Waals surface area contributed by atoms with E-state index in [1.807, 2.05) is 13.1 Å². The number of aromatic nitrogens is 2. The Morgan fingerprint density at radius 1 is 1.31 bits per heavy atom. The minimum absolute atomic E-state index is 0.0789. The molecule has 1 N–H and O–H groups in total. The summed E-state index contributed by atoms with van der Waals surface area (Å²) in [7, 11) is 5.11. The molecule has 0 unspecified atom stereocenters. The van der Waals surface area contributed by atoms with Gasteiger partial charge in [0.25, 0.3) is 5.91 Å². The first kappa shape index (κ1) is 19.6. The largest absolute Gasteiger partial charge is 0.383 e. The molecule has 2 aromatic rings. The van der Waals surface area contributed by atoms with Gasteiger partial charge in [0.15, 0.2) is 0 Å². The van der Waals surface area contributed by atoms with Gasteiger partial charge < -0.3 is 19.9 Å². The first-order valence-corrected chi connectivity index (χ1v) is 10.3. The van der Waals surface area contributed by atoms with Crippen molar-refractivity contribution >= 4 is 39.9 Å². The van der Waals surface area contributed by atoms with Crippen LogP contribution in [0.15, 0.2) is 12.3 Å². The van der Waals surface area contributed by atoms with Gasteiger partial charge in [-0.3, -0.25) is 14.5 Å². The summed E-state index contributed by atoms with van der Waals surface area (Å²) < 4.78 is 5.18. The molecule has 2 aliphatic rings. The fourth-order valence-electron chi connectivity index (χ4n) is 3.68. The van der Waals surface area contributed by atoms with Gasteiger partial charge in [0.1, 0.15) is 17.4 Å². The van der Waals surface area contributed by atoms with Crippen molar-refractivity contribution in [1.82, 2.24) is 14.9 Å². The van der Waals surface area contributed by atoms with E-state index in [0.717, 1.165) is 21.3 Å². The van der Waals surface area contributed by atoms with Gasteiger partial charge in [0.2, 0.25) is 11.9 Å². The van der Waals surface area contributed by atoms with E-state index in [1.165, 1.54) is 16.2 Å². The van der Waals surface area contributed by atoms with Crippen molar-refractivity contribution in [3.05, 3.63) is 28.3 Å². The zero-order valence-corrected chi connectivity index (χ0v) is 17.6. The predicted molar refractivity (Wildman–Crippen MR) is 112 cm³/mol. The second kappa shape index (κ2) is 7.96. The molecule has 154 valence electrons. The number of likely N-dealkylation sites (N-methyl/N-ethyl adjacent to an activating group) is 1. The maximum absolute atomic E-state index is 13.0. The van der Waals surface area contributed by atoms with E-state index >= 15 is 0 Å². The maximum atomic E-state index is 13.0. The lowest BCUT2D eigenvalue weighted by Crippen LogP contribution is -2.39. The number of hydrogen-bond acceptors (Lipinski definition) is 8. The topological polar surface area (TPSA) is 90.9 Å². The Balaban J connectivity index is 1.71. The molecule has 29 heavy (non-hydrogen) atoms. The van der Waals surface area contributed by atoms with Crippen LogP contribution in [0.25, 0.3) is 0 Å². The molecule has 0 saturated heterocycles. The van der Waals surface area contributed by atoms with E-state index in [2.05, 4.69) is 20.2 Å². The number of carbonyl (C=O) groups is 2. The number of thiophene rings is 1. The van der Waals surface area contributed by atoms with Gasteiger partial charge in [-0.25, -0.2) is 4.98 Å². The fourth-order valence-corrected chi connectivity index (χ4v) is 5.08. The Hall–Kier alpha value is -2.72. The third-order valence-corrected chi connectivity index (χ3v) is 6.46. The number of rotatable bonds is 5. The molecular weight excluding hydrogens is 392 g/mol. The van der Waals surface area contributed by atoms with Gasteiger partial charge in [-0.2, -0.15) is 4.98 Å². The summed E-state index contributed by atoms with van der Waals surface area (Å²) in [6, 6.07) is 1.82. The Morgan fingerprint density at radius 3 is 2.90 bits per heavy atom. The predicted octanol–water partition coefficient (Wildman–Crippen LogP) is 1.21. The molecule has 2 aromatic heterocycles. The van der Waals surface area contributed by atoms with Gasteiger partial charge in [0, 0.05) is 38.8 Å². The molecule has 2 aliphatic heterocycles. The second-order valence-corrected chi connectivity index (χ2v) is 8.13. The van der Waals surface area contributed by atoms with E-state index in [-0.39, 0.29) is 18.4 Å². The SMILES string of the molecule is CNc1ccnc(N2CCc3c(sc4c3C(=O)N(C)CC(=O)N4CCOC)C2)n1. The molecule has 4 heterocycles. The van der Waals surface area contributed by atoms with Gasteiger partial charge in [-0.15, -0.1) is 11.3 Å². The Bertz CT molecular complexity index is 946. The van der Waals surface area contributed by atoms with E-state index in [9.17, 15) is 9.59 Å². The summed E-state index contributed by atoms with van der Waals surface area (Å²) in [5.74, 6) is 1.24. The minimum Gasteiger partial charge on any atom is -0.383 e. The lowest BCUT2D eigenvalue weighted by atomic mass is 10.0. The Labute approximate surface area is 173 Å². The van der Waals surface area contributed by atoms with Crippen LogP contribution in [-0.4, -0.2) is 74.1 Å². The van der Waals surface area contributed by atoms with Gasteiger partial charge in [-0.05, 0) is 18.1 Å². The average molecular weight is 417 g/mol. The van der Waals surface area contributed by atoms with E-state index in [4.69, 9.17) is 4.74 Å². The number of fused-ring (bicyclic) bond motifs is 3. The third kappa shape index (κ3) is 3.53. The number of nitrogens with one attached hydrogen (secondary N) is 1. The van der Waals surface area contributed by atoms with Crippen molar-refractivity contribution in [2.24, 2.45) is 0 Å². The first-order chi connectivity index (χ1) is 14.0. The maximum Gasteiger partial charge on any atom is 0.257 e. The highest BCUT2D eigenvalue weighted by atomic mass is 32.1. The second-order valence-electron chi connectivity index (χ2n) is 7.05. The molecule has 0 atom stereocenters. The number of nitrogens with zero attached hydrogens (tertiary/aromatic N) is 5. The van der Waals surface area contributed by atoms with E-state index in [0.29, 0.717) is 44.2 Å². The standard InChI is InChI=1S/C19H24N6O3S/c1-20-14-4-6-21-19(22-14)24-7-5-12-13(10-24)29-18-16(12)17(27)23(2)11-15(26)25(18)8-9-28-3/h4,6H,5,7-11H2,1-3H3,(H,20,21,22). The third-order valence-electron chi connectivity index (χ3n) is 5.22. The molecule has 0 bridgehead atoms. The normalized spacial score (nSPS) is 16.6. The molecule has 0 aromatic carbocycles. The van der Waals surface area contributed by atoms with Crippen LogP contribution in [0.2, 0.25) is 0 Å². The monoisotopic (exact) mass is 416 g/mol. The number of carbonyl (C=O) groups excluding carboxylic acids is 2. The van der Waals surface area contributed by atoms with E-state index in [1.54, 1.807) is 25.3 Å². The van der Waals surface area contributed by atoms with Crippen molar-refractivity contribution in [2.75, 3.05) is 62.6 Å². The Morgan fingerprint density at radius 2 is 2.14 bits per heavy atom. The number of amides is 2. The van der Waals surface area contributed by atoms with Crippen molar-refractivity contribution in [2.45, 2.75) is 13.0 Å². The van der Waals surface area contributed by atoms with Crippen LogP contribution in [0.5, 0.6) is 0 Å².